The molecule has 0 fully saturated rings. The normalized spacial score (nSPS) is 11.2. The zero-order chi connectivity index (χ0) is 18.7. The summed E-state index contributed by atoms with van der Waals surface area (Å²) in [5, 5.41) is 20.6. The molecule has 0 bridgehead atoms. The molecule has 0 saturated carbocycles. The molecular formula is C21H17N3O2. The van der Waals surface area contributed by atoms with Crippen molar-refractivity contribution in [3.63, 3.8) is 0 Å². The van der Waals surface area contributed by atoms with Gasteiger partial charge in [0, 0.05) is 23.5 Å². The highest BCUT2D eigenvalue weighted by atomic mass is 16.6. The summed E-state index contributed by atoms with van der Waals surface area (Å²) in [5.41, 5.74) is 4.99. The van der Waals surface area contributed by atoms with Crippen molar-refractivity contribution < 1.29 is 4.92 Å². The number of allylic oxidation sites excluding steroid dienone is 1. The molecule has 26 heavy (non-hydrogen) atoms. The summed E-state index contributed by atoms with van der Waals surface area (Å²) in [4.78, 5) is 10.7. The number of rotatable bonds is 4. The lowest BCUT2D eigenvalue weighted by atomic mass is 10.0. The predicted octanol–water partition coefficient (Wildman–Crippen LogP) is 5.07. The van der Waals surface area contributed by atoms with Crippen LogP contribution in [0.5, 0.6) is 0 Å². The number of hydrogen-bond acceptors (Lipinski definition) is 3. The van der Waals surface area contributed by atoms with Crippen molar-refractivity contribution in [2.24, 2.45) is 0 Å². The van der Waals surface area contributed by atoms with Crippen LogP contribution in [0, 0.1) is 35.3 Å². The fourth-order valence-corrected chi connectivity index (χ4v) is 3.03. The van der Waals surface area contributed by atoms with Gasteiger partial charge in [-0.1, -0.05) is 36.4 Å². The van der Waals surface area contributed by atoms with E-state index in [9.17, 15) is 15.4 Å². The maximum absolute atomic E-state index is 11.1. The Morgan fingerprint density at radius 1 is 1.12 bits per heavy atom. The van der Waals surface area contributed by atoms with Crippen molar-refractivity contribution in [1.29, 1.82) is 5.26 Å². The summed E-state index contributed by atoms with van der Waals surface area (Å²) in [5.74, 6) is 0. The van der Waals surface area contributed by atoms with E-state index in [1.165, 1.54) is 6.07 Å². The number of nitriles is 1. The molecule has 0 unspecified atom stereocenters. The largest absolute Gasteiger partial charge is 0.318 e. The lowest BCUT2D eigenvalue weighted by Gasteiger charge is -2.09. The third kappa shape index (κ3) is 3.26. The number of aryl methyl sites for hydroxylation is 1. The smallest absolute Gasteiger partial charge is 0.271 e. The van der Waals surface area contributed by atoms with Crippen LogP contribution in [0.1, 0.15) is 22.5 Å². The van der Waals surface area contributed by atoms with Gasteiger partial charge in [0.05, 0.1) is 22.3 Å². The van der Waals surface area contributed by atoms with Gasteiger partial charge < -0.3 is 4.57 Å². The molecule has 0 aliphatic rings. The Balaban J connectivity index is 2.09. The van der Waals surface area contributed by atoms with Gasteiger partial charge >= 0.3 is 0 Å². The predicted molar refractivity (Wildman–Crippen MR) is 102 cm³/mol. The Morgan fingerprint density at radius 2 is 1.85 bits per heavy atom. The van der Waals surface area contributed by atoms with Crippen LogP contribution >= 0.6 is 0 Å². The zero-order valence-electron chi connectivity index (χ0n) is 14.5. The molecule has 5 nitrogen and oxygen atoms in total. The second kappa shape index (κ2) is 7.08. The van der Waals surface area contributed by atoms with E-state index in [1.807, 2.05) is 67.0 Å². The molecule has 0 radical (unpaired) electrons. The molecule has 0 atom stereocenters. The topological polar surface area (TPSA) is 71.9 Å². The maximum Gasteiger partial charge on any atom is 0.271 e. The van der Waals surface area contributed by atoms with Gasteiger partial charge in [0.2, 0.25) is 0 Å². The van der Waals surface area contributed by atoms with Gasteiger partial charge in [-0.25, -0.2) is 0 Å². The van der Waals surface area contributed by atoms with Crippen LogP contribution in [0.25, 0.3) is 17.3 Å². The number of nitro groups is 1. The minimum atomic E-state index is -0.401. The van der Waals surface area contributed by atoms with Crippen molar-refractivity contribution in [2.75, 3.05) is 0 Å². The van der Waals surface area contributed by atoms with Crippen molar-refractivity contribution in [2.45, 2.75) is 13.8 Å². The van der Waals surface area contributed by atoms with Gasteiger partial charge in [-0.3, -0.25) is 10.1 Å². The molecule has 0 aliphatic heterocycles. The van der Waals surface area contributed by atoms with Crippen LogP contribution in [-0.2, 0) is 0 Å². The summed E-state index contributed by atoms with van der Waals surface area (Å²) in [6.45, 7) is 3.88. The number of benzene rings is 2. The first-order chi connectivity index (χ1) is 12.5. The molecule has 5 heteroatoms. The second-order valence-corrected chi connectivity index (χ2v) is 5.97. The Morgan fingerprint density at radius 3 is 2.50 bits per heavy atom. The van der Waals surface area contributed by atoms with Crippen LogP contribution < -0.4 is 0 Å². The van der Waals surface area contributed by atoms with Crippen LogP contribution in [0.15, 0.2) is 60.7 Å². The molecule has 0 N–H and O–H groups in total. The number of nitro benzene ring substituents is 1. The van der Waals surface area contributed by atoms with Gasteiger partial charge in [-0.05, 0) is 43.2 Å². The molecule has 2 aromatic carbocycles. The Bertz CT molecular complexity index is 1040. The highest BCUT2D eigenvalue weighted by Crippen LogP contribution is 2.26. The average molecular weight is 343 g/mol. The van der Waals surface area contributed by atoms with Gasteiger partial charge in [-0.15, -0.1) is 0 Å². The molecule has 0 spiro atoms. The summed E-state index contributed by atoms with van der Waals surface area (Å²) < 4.78 is 1.96. The van der Waals surface area contributed by atoms with E-state index < -0.39 is 4.92 Å². The molecular weight excluding hydrogens is 326 g/mol. The van der Waals surface area contributed by atoms with Crippen LogP contribution in [0.4, 0.5) is 5.69 Å². The third-order valence-electron chi connectivity index (χ3n) is 4.27. The second-order valence-electron chi connectivity index (χ2n) is 5.97. The van der Waals surface area contributed by atoms with Crippen LogP contribution in [-0.4, -0.2) is 9.49 Å². The summed E-state index contributed by atoms with van der Waals surface area (Å²) in [6, 6.07) is 20.3. The van der Waals surface area contributed by atoms with E-state index in [1.54, 1.807) is 12.1 Å². The molecule has 128 valence electrons. The number of non-ortho nitro benzene ring substituents is 1. The van der Waals surface area contributed by atoms with E-state index in [0.29, 0.717) is 5.57 Å². The minimum absolute atomic E-state index is 0.0501. The molecule has 1 heterocycles. The monoisotopic (exact) mass is 343 g/mol. The lowest BCUT2D eigenvalue weighted by Crippen LogP contribution is -2.00. The van der Waals surface area contributed by atoms with E-state index in [4.69, 9.17) is 0 Å². The zero-order valence-corrected chi connectivity index (χ0v) is 14.5. The molecule has 0 aliphatic carbocycles. The fourth-order valence-electron chi connectivity index (χ4n) is 3.03. The quantitative estimate of drug-likeness (QED) is 0.377. The van der Waals surface area contributed by atoms with E-state index >= 15 is 0 Å². The summed E-state index contributed by atoms with van der Waals surface area (Å²) in [7, 11) is 0. The first kappa shape index (κ1) is 17.2. The average Bonchev–Trinajstić information content (AvgIpc) is 2.93. The van der Waals surface area contributed by atoms with Crippen molar-refractivity contribution >= 4 is 17.3 Å². The van der Waals surface area contributed by atoms with Crippen molar-refractivity contribution in [1.82, 2.24) is 4.57 Å². The molecule has 1 aromatic heterocycles. The van der Waals surface area contributed by atoms with Gasteiger partial charge in [0.25, 0.3) is 5.69 Å². The molecule has 3 rings (SSSR count). The van der Waals surface area contributed by atoms with Crippen molar-refractivity contribution in [3.8, 4) is 11.8 Å². The number of aromatic nitrogens is 1. The Hall–Kier alpha value is -3.65. The lowest BCUT2D eigenvalue weighted by molar-refractivity contribution is -0.384. The SMILES string of the molecule is Cc1cc(/C=C(\C#N)c2ccccc2)c(C)n1-c1cccc([N+](=O)[O-])c1. The van der Waals surface area contributed by atoms with Gasteiger partial charge in [0.15, 0.2) is 0 Å². The standard InChI is InChI=1S/C21H17N3O2/c1-15-11-18(12-19(14-22)17-7-4-3-5-8-17)16(2)23(15)20-9-6-10-21(13-20)24(25)26/h3-13H,1-2H3/b19-12+. The van der Waals surface area contributed by atoms with Crippen LogP contribution in [0.2, 0.25) is 0 Å². The third-order valence-corrected chi connectivity index (χ3v) is 4.27. The minimum Gasteiger partial charge on any atom is -0.318 e. The van der Waals surface area contributed by atoms with Crippen molar-refractivity contribution in [3.05, 3.63) is 93.3 Å². The maximum atomic E-state index is 11.1. The number of nitrogens with zero attached hydrogens (tertiary/aromatic N) is 3. The van der Waals surface area contributed by atoms with Gasteiger partial charge in [-0.2, -0.15) is 5.26 Å². The highest BCUT2D eigenvalue weighted by Gasteiger charge is 2.13. The molecule has 0 saturated heterocycles. The molecule has 0 amide bonds. The first-order valence-electron chi connectivity index (χ1n) is 8.12. The van der Waals surface area contributed by atoms with E-state index in [2.05, 4.69) is 6.07 Å². The Kier molecular flexibility index (Phi) is 4.68. The summed E-state index contributed by atoms with van der Waals surface area (Å²) >= 11 is 0. The first-order valence-corrected chi connectivity index (χ1v) is 8.12. The molecule has 3 aromatic rings. The fraction of sp³-hybridized carbons (Fsp3) is 0.0952. The van der Waals surface area contributed by atoms with E-state index in [0.717, 1.165) is 28.2 Å². The summed E-state index contributed by atoms with van der Waals surface area (Å²) in [6.07, 6.45) is 1.85. The highest BCUT2D eigenvalue weighted by molar-refractivity contribution is 5.90. The van der Waals surface area contributed by atoms with Crippen LogP contribution in [0.3, 0.4) is 0 Å². The number of hydrogen-bond donors (Lipinski definition) is 0. The van der Waals surface area contributed by atoms with E-state index in [-0.39, 0.29) is 5.69 Å². The Labute approximate surface area is 151 Å². The van der Waals surface area contributed by atoms with Gasteiger partial charge in [0.1, 0.15) is 0 Å².